The van der Waals surface area contributed by atoms with Crippen LogP contribution in [0.5, 0.6) is 11.5 Å². The molecule has 0 saturated heterocycles. The maximum atomic E-state index is 12.4. The van der Waals surface area contributed by atoms with Crippen LogP contribution in [-0.2, 0) is 11.2 Å². The summed E-state index contributed by atoms with van der Waals surface area (Å²) in [6.45, 7) is -2.57. The molecule has 3 rings (SSSR count). The molecular weight excluding hydrogens is 452 g/mol. The first-order valence-electron chi connectivity index (χ1n) is 9.02. The van der Waals surface area contributed by atoms with E-state index in [-0.39, 0.29) is 23.2 Å². The number of benzene rings is 2. The van der Waals surface area contributed by atoms with Gasteiger partial charge in [-0.25, -0.2) is 0 Å². The third-order valence-electron chi connectivity index (χ3n) is 4.02. The van der Waals surface area contributed by atoms with E-state index in [1.165, 1.54) is 29.6 Å². The molecule has 12 heteroatoms. The second-order valence-corrected chi connectivity index (χ2v) is 7.48. The number of aromatic nitrogens is 4. The van der Waals surface area contributed by atoms with Gasteiger partial charge in [0.05, 0.1) is 18.6 Å². The molecule has 1 amide bonds. The number of carbonyl (C=O) groups is 1. The van der Waals surface area contributed by atoms with Crippen molar-refractivity contribution < 1.29 is 23.0 Å². The number of amides is 1. The molecule has 1 heterocycles. The van der Waals surface area contributed by atoms with Crippen LogP contribution in [0.4, 0.5) is 8.78 Å². The van der Waals surface area contributed by atoms with Crippen LogP contribution in [0.25, 0.3) is 5.69 Å². The zero-order chi connectivity index (χ0) is 22.2. The molecule has 31 heavy (non-hydrogen) atoms. The summed E-state index contributed by atoms with van der Waals surface area (Å²) < 4.78 is 35.8. The van der Waals surface area contributed by atoms with E-state index in [1.807, 2.05) is 0 Å². The maximum Gasteiger partial charge on any atom is 0.387 e. The molecule has 164 valence electrons. The Labute approximate surface area is 185 Å². The zero-order valence-electron chi connectivity index (χ0n) is 16.3. The number of carbonyl (C=O) groups excluding carboxylic acids is 1. The minimum atomic E-state index is -2.93. The Kier molecular flexibility index (Phi) is 8.01. The van der Waals surface area contributed by atoms with Gasteiger partial charge in [-0.2, -0.15) is 13.5 Å². The van der Waals surface area contributed by atoms with Crippen LogP contribution in [0.3, 0.4) is 0 Å². The number of nitrogens with zero attached hydrogens (tertiary/aromatic N) is 4. The molecule has 0 aliphatic heterocycles. The van der Waals surface area contributed by atoms with Crippen molar-refractivity contribution in [2.24, 2.45) is 0 Å². The summed E-state index contributed by atoms with van der Waals surface area (Å²) in [6.07, 6.45) is 0.490. The van der Waals surface area contributed by atoms with Crippen LogP contribution in [-0.4, -0.2) is 52.1 Å². The van der Waals surface area contributed by atoms with Gasteiger partial charge in [-0.15, -0.1) is 5.10 Å². The highest BCUT2D eigenvalue weighted by Crippen LogP contribution is 2.29. The second kappa shape index (κ2) is 10.9. The average Bonchev–Trinajstić information content (AvgIpc) is 3.22. The fourth-order valence-electron chi connectivity index (χ4n) is 2.60. The predicted octanol–water partition coefficient (Wildman–Crippen LogP) is 3.38. The topological polar surface area (TPSA) is 91.2 Å². The van der Waals surface area contributed by atoms with Crippen molar-refractivity contribution in [2.75, 3.05) is 19.4 Å². The van der Waals surface area contributed by atoms with E-state index in [0.717, 1.165) is 11.3 Å². The molecular formula is C19H18ClF2N5O3S. The highest BCUT2D eigenvalue weighted by molar-refractivity contribution is 7.99. The first-order chi connectivity index (χ1) is 15.0. The van der Waals surface area contributed by atoms with Crippen molar-refractivity contribution in [1.82, 2.24) is 25.5 Å². The standard InChI is InChI=1S/C19H18ClF2N5O3S/c1-29-16-10-12(2-7-15(16)30-18(21)22)8-9-23-17(28)11-31-19-24-25-26-27(19)14-5-3-13(20)4-6-14/h2-7,10,18H,8-9,11H2,1H3,(H,23,28). The van der Waals surface area contributed by atoms with Gasteiger partial charge < -0.3 is 14.8 Å². The van der Waals surface area contributed by atoms with Crippen molar-refractivity contribution >= 4 is 29.3 Å². The Balaban J connectivity index is 1.48. The molecule has 0 atom stereocenters. The lowest BCUT2D eigenvalue weighted by Gasteiger charge is -2.11. The monoisotopic (exact) mass is 469 g/mol. The number of nitrogens with one attached hydrogen (secondary N) is 1. The first-order valence-corrected chi connectivity index (χ1v) is 10.4. The van der Waals surface area contributed by atoms with Gasteiger partial charge >= 0.3 is 6.61 Å². The molecule has 0 bridgehead atoms. The van der Waals surface area contributed by atoms with Crippen LogP contribution in [0, 0.1) is 0 Å². The van der Waals surface area contributed by atoms with Crippen LogP contribution in [0.2, 0.25) is 5.02 Å². The van der Waals surface area contributed by atoms with E-state index in [4.69, 9.17) is 16.3 Å². The molecule has 0 spiro atoms. The summed E-state index contributed by atoms with van der Waals surface area (Å²) in [7, 11) is 1.37. The summed E-state index contributed by atoms with van der Waals surface area (Å²) in [6, 6.07) is 11.6. The summed E-state index contributed by atoms with van der Waals surface area (Å²) in [5.41, 5.74) is 1.53. The van der Waals surface area contributed by atoms with E-state index in [0.29, 0.717) is 23.1 Å². The molecule has 3 aromatic rings. The normalized spacial score (nSPS) is 10.9. The number of methoxy groups -OCH3 is 1. The SMILES string of the molecule is COc1cc(CCNC(=O)CSc2nnnn2-c2ccc(Cl)cc2)ccc1OC(F)F. The van der Waals surface area contributed by atoms with Gasteiger partial charge in [-0.1, -0.05) is 29.4 Å². The van der Waals surface area contributed by atoms with Crippen molar-refractivity contribution in [3.63, 3.8) is 0 Å². The van der Waals surface area contributed by atoms with Gasteiger partial charge in [0, 0.05) is 11.6 Å². The second-order valence-electron chi connectivity index (χ2n) is 6.10. The van der Waals surface area contributed by atoms with Crippen molar-refractivity contribution in [3.8, 4) is 17.2 Å². The van der Waals surface area contributed by atoms with E-state index in [2.05, 4.69) is 25.6 Å². The molecule has 0 radical (unpaired) electrons. The molecule has 0 saturated carbocycles. The number of hydrogen-bond donors (Lipinski definition) is 1. The summed E-state index contributed by atoms with van der Waals surface area (Å²) in [5, 5.41) is 15.4. The highest BCUT2D eigenvalue weighted by Gasteiger charge is 2.13. The fraction of sp³-hybridized carbons (Fsp3) is 0.263. The number of alkyl halides is 2. The van der Waals surface area contributed by atoms with Gasteiger partial charge in [-0.05, 0) is 58.8 Å². The summed E-state index contributed by atoms with van der Waals surface area (Å²) in [4.78, 5) is 12.2. The third-order valence-corrected chi connectivity index (χ3v) is 5.20. The Bertz CT molecular complexity index is 1020. The van der Waals surface area contributed by atoms with Gasteiger partial charge in [0.2, 0.25) is 11.1 Å². The largest absolute Gasteiger partial charge is 0.493 e. The minimum absolute atomic E-state index is 0.0416. The quantitative estimate of drug-likeness (QED) is 0.455. The molecule has 8 nitrogen and oxygen atoms in total. The number of tetrazole rings is 1. The predicted molar refractivity (Wildman–Crippen MR) is 111 cm³/mol. The lowest BCUT2D eigenvalue weighted by Crippen LogP contribution is -2.27. The first kappa shape index (κ1) is 22.8. The number of hydrogen-bond acceptors (Lipinski definition) is 7. The minimum Gasteiger partial charge on any atom is -0.493 e. The average molecular weight is 470 g/mol. The number of ether oxygens (including phenoxy) is 2. The molecule has 0 fully saturated rings. The van der Waals surface area contributed by atoms with E-state index in [9.17, 15) is 13.6 Å². The Hall–Kier alpha value is -2.92. The summed E-state index contributed by atoms with van der Waals surface area (Å²) in [5.74, 6) is 0.0902. The fourth-order valence-corrected chi connectivity index (χ4v) is 3.45. The molecule has 0 aliphatic rings. The van der Waals surface area contributed by atoms with Crippen molar-refractivity contribution in [1.29, 1.82) is 0 Å². The van der Waals surface area contributed by atoms with Gasteiger partial charge in [0.15, 0.2) is 11.5 Å². The van der Waals surface area contributed by atoms with Crippen molar-refractivity contribution in [3.05, 3.63) is 53.1 Å². The third kappa shape index (κ3) is 6.53. The molecule has 1 N–H and O–H groups in total. The van der Waals surface area contributed by atoms with Crippen molar-refractivity contribution in [2.45, 2.75) is 18.2 Å². The lowest BCUT2D eigenvalue weighted by atomic mass is 10.1. The van der Waals surface area contributed by atoms with Crippen LogP contribution >= 0.6 is 23.4 Å². The molecule has 0 unspecified atom stereocenters. The van der Waals surface area contributed by atoms with Gasteiger partial charge in [0.1, 0.15) is 0 Å². The Morgan fingerprint density at radius 3 is 2.71 bits per heavy atom. The smallest absolute Gasteiger partial charge is 0.387 e. The molecule has 0 aliphatic carbocycles. The van der Waals surface area contributed by atoms with Gasteiger partial charge in [0.25, 0.3) is 0 Å². The molecule has 2 aromatic carbocycles. The number of rotatable bonds is 10. The van der Waals surface area contributed by atoms with E-state index >= 15 is 0 Å². The van der Waals surface area contributed by atoms with Gasteiger partial charge in [-0.3, -0.25) is 4.79 Å². The molecule has 1 aromatic heterocycles. The number of thioether (sulfide) groups is 1. The lowest BCUT2D eigenvalue weighted by molar-refractivity contribution is -0.118. The van der Waals surface area contributed by atoms with Crippen LogP contribution in [0.1, 0.15) is 5.56 Å². The maximum absolute atomic E-state index is 12.4. The summed E-state index contributed by atoms with van der Waals surface area (Å²) >= 11 is 7.09. The highest BCUT2D eigenvalue weighted by atomic mass is 35.5. The zero-order valence-corrected chi connectivity index (χ0v) is 17.9. The Morgan fingerprint density at radius 1 is 1.23 bits per heavy atom. The van der Waals surface area contributed by atoms with Crippen LogP contribution in [0.15, 0.2) is 47.6 Å². The number of halogens is 3. The van der Waals surface area contributed by atoms with E-state index < -0.39 is 6.61 Å². The van der Waals surface area contributed by atoms with E-state index in [1.54, 1.807) is 36.4 Å². The Morgan fingerprint density at radius 2 is 2.00 bits per heavy atom. The van der Waals surface area contributed by atoms with Crippen LogP contribution < -0.4 is 14.8 Å².